The number of rotatable bonds is 0. The van der Waals surface area contributed by atoms with Crippen LogP contribution in [0.2, 0.25) is 0 Å². The number of hydrogen-bond acceptors (Lipinski definition) is 2. The summed E-state index contributed by atoms with van der Waals surface area (Å²) < 4.78 is 5.53. The van der Waals surface area contributed by atoms with Crippen LogP contribution >= 0.6 is 0 Å². The smallest absolute Gasteiger partial charge is 0.192 e. The third-order valence-electron chi connectivity index (χ3n) is 2.28. The van der Waals surface area contributed by atoms with E-state index < -0.39 is 0 Å². The Balaban J connectivity index is 3.02. The minimum atomic E-state index is 0.0375. The van der Waals surface area contributed by atoms with Gasteiger partial charge in [-0.2, -0.15) is 0 Å². The Bertz CT molecular complexity index is 550. The second kappa shape index (κ2) is 2.98. The van der Waals surface area contributed by atoms with Crippen LogP contribution in [-0.4, -0.2) is 0 Å². The van der Waals surface area contributed by atoms with E-state index in [0.29, 0.717) is 16.7 Å². The SMILES string of the molecule is Cc1cc(C)c2oc(C)cc(=O)c2c1. The van der Waals surface area contributed by atoms with Gasteiger partial charge in [-0.3, -0.25) is 4.79 Å². The van der Waals surface area contributed by atoms with E-state index in [2.05, 4.69) is 0 Å². The van der Waals surface area contributed by atoms with E-state index in [1.165, 1.54) is 6.07 Å². The van der Waals surface area contributed by atoms with Gasteiger partial charge in [-0.25, -0.2) is 0 Å². The molecule has 0 amide bonds. The fraction of sp³-hybridized carbons (Fsp3) is 0.250. The fourth-order valence-corrected chi connectivity index (χ4v) is 1.73. The van der Waals surface area contributed by atoms with Gasteiger partial charge in [0.25, 0.3) is 0 Å². The van der Waals surface area contributed by atoms with Crippen LogP contribution in [0.15, 0.2) is 27.4 Å². The molecule has 72 valence electrons. The maximum absolute atomic E-state index is 11.6. The topological polar surface area (TPSA) is 30.2 Å². The lowest BCUT2D eigenvalue weighted by atomic mass is 10.1. The first-order valence-corrected chi connectivity index (χ1v) is 4.59. The Morgan fingerprint density at radius 3 is 2.50 bits per heavy atom. The first-order chi connectivity index (χ1) is 6.58. The highest BCUT2D eigenvalue weighted by Gasteiger charge is 2.05. The molecule has 2 aromatic rings. The number of aryl methyl sites for hydroxylation is 3. The highest BCUT2D eigenvalue weighted by atomic mass is 16.3. The molecule has 0 aliphatic rings. The number of fused-ring (bicyclic) bond motifs is 1. The van der Waals surface area contributed by atoms with E-state index in [1.807, 2.05) is 26.0 Å². The maximum atomic E-state index is 11.6. The van der Waals surface area contributed by atoms with E-state index >= 15 is 0 Å². The summed E-state index contributed by atoms with van der Waals surface area (Å²) in [6, 6.07) is 5.42. The zero-order chi connectivity index (χ0) is 10.3. The molecule has 0 spiro atoms. The van der Waals surface area contributed by atoms with E-state index in [0.717, 1.165) is 11.1 Å². The molecule has 0 aliphatic carbocycles. The van der Waals surface area contributed by atoms with Gasteiger partial charge in [0.1, 0.15) is 11.3 Å². The lowest BCUT2D eigenvalue weighted by Gasteiger charge is -2.03. The van der Waals surface area contributed by atoms with Gasteiger partial charge in [-0.1, -0.05) is 6.07 Å². The van der Waals surface area contributed by atoms with Gasteiger partial charge >= 0.3 is 0 Å². The van der Waals surface area contributed by atoms with Crippen molar-refractivity contribution in [1.29, 1.82) is 0 Å². The first kappa shape index (κ1) is 9.00. The van der Waals surface area contributed by atoms with Crippen molar-refractivity contribution in [3.63, 3.8) is 0 Å². The van der Waals surface area contributed by atoms with E-state index in [-0.39, 0.29) is 5.43 Å². The van der Waals surface area contributed by atoms with Gasteiger partial charge in [-0.15, -0.1) is 0 Å². The monoisotopic (exact) mass is 188 g/mol. The summed E-state index contributed by atoms with van der Waals surface area (Å²) in [5.41, 5.74) is 2.85. The maximum Gasteiger partial charge on any atom is 0.192 e. The Hall–Kier alpha value is -1.57. The van der Waals surface area contributed by atoms with Gasteiger partial charge in [0.2, 0.25) is 0 Å². The molecule has 1 heterocycles. The van der Waals surface area contributed by atoms with Crippen LogP contribution in [0.1, 0.15) is 16.9 Å². The number of hydrogen-bond donors (Lipinski definition) is 0. The van der Waals surface area contributed by atoms with Crippen LogP contribution < -0.4 is 5.43 Å². The van der Waals surface area contributed by atoms with Gasteiger partial charge < -0.3 is 4.42 Å². The molecule has 0 N–H and O–H groups in total. The second-order valence-corrected chi connectivity index (χ2v) is 3.68. The molecular weight excluding hydrogens is 176 g/mol. The standard InChI is InChI=1S/C12H12O2/c1-7-4-8(2)12-10(5-7)11(13)6-9(3)14-12/h4-6H,1-3H3. The first-order valence-electron chi connectivity index (χ1n) is 4.59. The van der Waals surface area contributed by atoms with Crippen molar-refractivity contribution in [2.75, 3.05) is 0 Å². The normalized spacial score (nSPS) is 10.8. The molecule has 0 radical (unpaired) electrons. The Labute approximate surface area is 82.2 Å². The summed E-state index contributed by atoms with van der Waals surface area (Å²) in [7, 11) is 0. The largest absolute Gasteiger partial charge is 0.461 e. The molecule has 0 atom stereocenters. The summed E-state index contributed by atoms with van der Waals surface area (Å²) in [5.74, 6) is 0.662. The molecule has 1 aromatic heterocycles. The van der Waals surface area contributed by atoms with Crippen LogP contribution in [-0.2, 0) is 0 Å². The van der Waals surface area contributed by atoms with Crippen LogP contribution in [0.4, 0.5) is 0 Å². The van der Waals surface area contributed by atoms with Crippen LogP contribution in [0.25, 0.3) is 11.0 Å². The van der Waals surface area contributed by atoms with Crippen LogP contribution in [0, 0.1) is 20.8 Å². The van der Waals surface area contributed by atoms with Crippen LogP contribution in [0.3, 0.4) is 0 Å². The molecule has 2 nitrogen and oxygen atoms in total. The summed E-state index contributed by atoms with van der Waals surface area (Å²) in [4.78, 5) is 11.6. The minimum absolute atomic E-state index is 0.0375. The predicted octanol–water partition coefficient (Wildman–Crippen LogP) is 2.72. The average Bonchev–Trinajstić information content (AvgIpc) is 2.07. The van der Waals surface area contributed by atoms with Gasteiger partial charge in [0.15, 0.2) is 5.43 Å². The molecule has 0 saturated carbocycles. The van der Waals surface area contributed by atoms with Crippen molar-refractivity contribution in [2.24, 2.45) is 0 Å². The van der Waals surface area contributed by atoms with Gasteiger partial charge in [-0.05, 0) is 38.0 Å². The van der Waals surface area contributed by atoms with Crippen molar-refractivity contribution in [1.82, 2.24) is 0 Å². The lowest BCUT2D eigenvalue weighted by molar-refractivity contribution is 0.562. The lowest BCUT2D eigenvalue weighted by Crippen LogP contribution is -2.01. The van der Waals surface area contributed by atoms with E-state index in [1.54, 1.807) is 6.92 Å². The zero-order valence-corrected chi connectivity index (χ0v) is 8.55. The molecule has 0 unspecified atom stereocenters. The quantitative estimate of drug-likeness (QED) is 0.636. The molecule has 0 fully saturated rings. The molecular formula is C12H12O2. The molecule has 0 aliphatic heterocycles. The summed E-state index contributed by atoms with van der Waals surface area (Å²) in [6.45, 7) is 5.73. The molecule has 2 heteroatoms. The summed E-state index contributed by atoms with van der Waals surface area (Å²) in [6.07, 6.45) is 0. The Morgan fingerprint density at radius 2 is 1.79 bits per heavy atom. The highest BCUT2D eigenvalue weighted by molar-refractivity contribution is 5.80. The summed E-state index contributed by atoms with van der Waals surface area (Å²) in [5, 5.41) is 0.674. The fourth-order valence-electron chi connectivity index (χ4n) is 1.73. The third-order valence-corrected chi connectivity index (χ3v) is 2.28. The van der Waals surface area contributed by atoms with Gasteiger partial charge in [0.05, 0.1) is 5.39 Å². The molecule has 2 rings (SSSR count). The van der Waals surface area contributed by atoms with E-state index in [9.17, 15) is 4.79 Å². The Morgan fingerprint density at radius 1 is 1.07 bits per heavy atom. The van der Waals surface area contributed by atoms with Crippen molar-refractivity contribution < 1.29 is 4.42 Å². The highest BCUT2D eigenvalue weighted by Crippen LogP contribution is 2.18. The van der Waals surface area contributed by atoms with E-state index in [4.69, 9.17) is 4.42 Å². The molecule has 0 bridgehead atoms. The third kappa shape index (κ3) is 1.33. The second-order valence-electron chi connectivity index (χ2n) is 3.68. The molecule has 1 aromatic carbocycles. The number of benzene rings is 1. The van der Waals surface area contributed by atoms with Gasteiger partial charge in [0, 0.05) is 6.07 Å². The zero-order valence-electron chi connectivity index (χ0n) is 8.55. The minimum Gasteiger partial charge on any atom is -0.461 e. The average molecular weight is 188 g/mol. The Kier molecular flexibility index (Phi) is 1.92. The van der Waals surface area contributed by atoms with Crippen molar-refractivity contribution >= 4 is 11.0 Å². The van der Waals surface area contributed by atoms with Crippen molar-refractivity contribution in [3.8, 4) is 0 Å². The van der Waals surface area contributed by atoms with Crippen LogP contribution in [0.5, 0.6) is 0 Å². The van der Waals surface area contributed by atoms with Crippen molar-refractivity contribution in [3.05, 3.63) is 45.3 Å². The van der Waals surface area contributed by atoms with Crippen molar-refractivity contribution in [2.45, 2.75) is 20.8 Å². The molecule has 14 heavy (non-hydrogen) atoms. The molecule has 0 saturated heterocycles. The summed E-state index contributed by atoms with van der Waals surface area (Å²) >= 11 is 0. The predicted molar refractivity (Wildman–Crippen MR) is 56.7 cm³/mol.